The number of carbonyl (C=O) groups is 1. The number of aromatic nitrogens is 2. The zero-order chi connectivity index (χ0) is 24.9. The Hall–Kier alpha value is -4.06. The van der Waals surface area contributed by atoms with Gasteiger partial charge in [0.05, 0.1) is 15.5 Å². The van der Waals surface area contributed by atoms with Crippen molar-refractivity contribution in [1.29, 1.82) is 0 Å². The van der Waals surface area contributed by atoms with Gasteiger partial charge in [-0.15, -0.1) is 0 Å². The van der Waals surface area contributed by atoms with Gasteiger partial charge < -0.3 is 0 Å². The second-order valence-corrected chi connectivity index (χ2v) is 9.29. The Morgan fingerprint density at radius 3 is 2.35 bits per heavy atom. The first-order chi connectivity index (χ1) is 16.1. The van der Waals surface area contributed by atoms with Crippen LogP contribution >= 0.6 is 0 Å². The van der Waals surface area contributed by atoms with Gasteiger partial charge in [0.2, 0.25) is 11.9 Å². The standard InChI is InChI=1S/C22H23N5O6S/c1-15-20(21(29)25-22(23-15)24-16(2)28)9-6-14-26(17-7-4-3-5-8-17)34(32,33)19-12-10-18(11-13-19)27(30)31/h3-5,7-8,10-13H,6,9,14H2,1-2H3,(H2,23,24,25,28,29). The summed E-state index contributed by atoms with van der Waals surface area (Å²) in [6.07, 6.45) is 0.541. The molecule has 0 aliphatic carbocycles. The molecule has 0 atom stereocenters. The molecule has 12 heteroatoms. The molecule has 0 radical (unpaired) electrons. The zero-order valence-corrected chi connectivity index (χ0v) is 19.3. The van der Waals surface area contributed by atoms with E-state index in [4.69, 9.17) is 0 Å². The third-order valence-corrected chi connectivity index (χ3v) is 6.83. The van der Waals surface area contributed by atoms with Gasteiger partial charge in [0.25, 0.3) is 21.3 Å². The summed E-state index contributed by atoms with van der Waals surface area (Å²) < 4.78 is 28.0. The lowest BCUT2D eigenvalue weighted by molar-refractivity contribution is -0.384. The van der Waals surface area contributed by atoms with Crippen LogP contribution in [0.1, 0.15) is 24.6 Å². The fraction of sp³-hybridized carbons (Fsp3) is 0.227. The van der Waals surface area contributed by atoms with E-state index in [0.717, 1.165) is 12.1 Å². The van der Waals surface area contributed by atoms with Crippen molar-refractivity contribution in [2.45, 2.75) is 31.6 Å². The number of nitro groups is 1. The topological polar surface area (TPSA) is 155 Å². The van der Waals surface area contributed by atoms with E-state index in [1.807, 2.05) is 0 Å². The number of sulfonamides is 1. The first-order valence-corrected chi connectivity index (χ1v) is 11.7. The van der Waals surface area contributed by atoms with Crippen molar-refractivity contribution in [3.05, 3.63) is 86.3 Å². The number of hydrogen-bond acceptors (Lipinski definition) is 7. The largest absolute Gasteiger partial charge is 0.296 e. The van der Waals surface area contributed by atoms with Crippen molar-refractivity contribution >= 4 is 33.3 Å². The number of anilines is 2. The number of nitrogens with one attached hydrogen (secondary N) is 2. The van der Waals surface area contributed by atoms with Crippen LogP contribution in [0.15, 0.2) is 64.3 Å². The van der Waals surface area contributed by atoms with Gasteiger partial charge in [-0.3, -0.25) is 34.3 Å². The maximum absolute atomic E-state index is 13.4. The summed E-state index contributed by atoms with van der Waals surface area (Å²) in [6, 6.07) is 13.1. The van der Waals surface area contributed by atoms with E-state index in [1.54, 1.807) is 37.3 Å². The van der Waals surface area contributed by atoms with Crippen molar-refractivity contribution in [1.82, 2.24) is 9.97 Å². The van der Waals surface area contributed by atoms with Gasteiger partial charge in [-0.05, 0) is 44.0 Å². The Labute approximate surface area is 195 Å². The number of nitrogens with zero attached hydrogens (tertiary/aromatic N) is 3. The first-order valence-electron chi connectivity index (χ1n) is 10.3. The fourth-order valence-electron chi connectivity index (χ4n) is 3.38. The van der Waals surface area contributed by atoms with Crippen molar-refractivity contribution < 1.29 is 18.1 Å². The summed E-state index contributed by atoms with van der Waals surface area (Å²) >= 11 is 0. The number of amides is 1. The van der Waals surface area contributed by atoms with Crippen LogP contribution in [0.4, 0.5) is 17.3 Å². The van der Waals surface area contributed by atoms with Crippen LogP contribution in [0.5, 0.6) is 0 Å². The maximum Gasteiger partial charge on any atom is 0.269 e. The molecule has 0 aliphatic heterocycles. The predicted octanol–water partition coefficient (Wildman–Crippen LogP) is 2.77. The Bertz CT molecular complexity index is 1350. The molecular weight excluding hydrogens is 462 g/mol. The number of carbonyl (C=O) groups excluding carboxylic acids is 1. The van der Waals surface area contributed by atoms with Crippen molar-refractivity contribution in [3.63, 3.8) is 0 Å². The number of para-hydroxylation sites is 1. The molecule has 2 N–H and O–H groups in total. The van der Waals surface area contributed by atoms with E-state index < -0.39 is 20.5 Å². The molecule has 0 aliphatic rings. The highest BCUT2D eigenvalue weighted by atomic mass is 32.2. The molecule has 2 aromatic carbocycles. The Balaban J connectivity index is 1.85. The Morgan fingerprint density at radius 1 is 1.15 bits per heavy atom. The van der Waals surface area contributed by atoms with E-state index >= 15 is 0 Å². The SMILES string of the molecule is CC(=O)Nc1nc(C)c(CCCN(c2ccccc2)S(=O)(=O)c2ccc([N+](=O)[O-])cc2)c(=O)[nH]1. The summed E-state index contributed by atoms with van der Waals surface area (Å²) in [5.41, 5.74) is 0.605. The average molecular weight is 486 g/mol. The van der Waals surface area contributed by atoms with E-state index in [-0.39, 0.29) is 35.4 Å². The molecule has 0 bridgehead atoms. The summed E-state index contributed by atoms with van der Waals surface area (Å²) in [6.45, 7) is 2.99. The number of non-ortho nitro benzene ring substituents is 1. The van der Waals surface area contributed by atoms with Crippen LogP contribution in [0.3, 0.4) is 0 Å². The lowest BCUT2D eigenvalue weighted by atomic mass is 10.1. The van der Waals surface area contributed by atoms with Gasteiger partial charge in [0, 0.05) is 36.9 Å². The summed E-state index contributed by atoms with van der Waals surface area (Å²) in [5.74, 6) is -0.323. The van der Waals surface area contributed by atoms with Gasteiger partial charge in [-0.25, -0.2) is 13.4 Å². The lowest BCUT2D eigenvalue weighted by Gasteiger charge is -2.24. The van der Waals surface area contributed by atoms with Crippen molar-refractivity contribution in [3.8, 4) is 0 Å². The molecule has 1 aromatic heterocycles. The summed E-state index contributed by atoms with van der Waals surface area (Å²) in [5, 5.41) is 13.3. The van der Waals surface area contributed by atoms with E-state index in [2.05, 4.69) is 15.3 Å². The highest BCUT2D eigenvalue weighted by Crippen LogP contribution is 2.25. The molecule has 0 fully saturated rings. The highest BCUT2D eigenvalue weighted by Gasteiger charge is 2.25. The number of aromatic amines is 1. The Kier molecular flexibility index (Phi) is 7.41. The van der Waals surface area contributed by atoms with Gasteiger partial charge in [-0.1, -0.05) is 18.2 Å². The van der Waals surface area contributed by atoms with Crippen LogP contribution in [-0.4, -0.2) is 35.8 Å². The average Bonchev–Trinajstić information content (AvgIpc) is 2.78. The molecule has 178 valence electrons. The second-order valence-electron chi connectivity index (χ2n) is 7.43. The van der Waals surface area contributed by atoms with E-state index in [1.165, 1.54) is 23.4 Å². The minimum atomic E-state index is -4.03. The molecule has 0 unspecified atom stereocenters. The van der Waals surface area contributed by atoms with Gasteiger partial charge in [0.1, 0.15) is 0 Å². The molecule has 11 nitrogen and oxygen atoms in total. The molecule has 0 saturated carbocycles. The highest BCUT2D eigenvalue weighted by molar-refractivity contribution is 7.92. The monoisotopic (exact) mass is 485 g/mol. The van der Waals surface area contributed by atoms with Crippen LogP contribution in [0, 0.1) is 17.0 Å². The van der Waals surface area contributed by atoms with E-state index in [9.17, 15) is 28.1 Å². The number of H-pyrrole nitrogens is 1. The molecule has 0 saturated heterocycles. The number of aryl methyl sites for hydroxylation is 1. The number of hydrogen-bond donors (Lipinski definition) is 2. The number of rotatable bonds is 9. The summed E-state index contributed by atoms with van der Waals surface area (Å²) in [7, 11) is -4.03. The normalized spacial score (nSPS) is 11.1. The quantitative estimate of drug-likeness (QED) is 0.349. The maximum atomic E-state index is 13.4. The zero-order valence-electron chi connectivity index (χ0n) is 18.5. The fourth-order valence-corrected chi connectivity index (χ4v) is 4.88. The third-order valence-electron chi connectivity index (χ3n) is 4.98. The first kappa shape index (κ1) is 24.6. The molecule has 3 aromatic rings. The molecular formula is C22H23N5O6S. The molecule has 34 heavy (non-hydrogen) atoms. The van der Waals surface area contributed by atoms with Crippen molar-refractivity contribution in [2.24, 2.45) is 0 Å². The second kappa shape index (κ2) is 10.3. The minimum Gasteiger partial charge on any atom is -0.296 e. The molecule has 1 heterocycles. The van der Waals surface area contributed by atoms with Crippen LogP contribution < -0.4 is 15.2 Å². The predicted molar refractivity (Wildman–Crippen MR) is 126 cm³/mol. The smallest absolute Gasteiger partial charge is 0.269 e. The minimum absolute atomic E-state index is 0.0467. The van der Waals surface area contributed by atoms with Crippen molar-refractivity contribution in [2.75, 3.05) is 16.2 Å². The lowest BCUT2D eigenvalue weighted by Crippen LogP contribution is -2.32. The van der Waals surface area contributed by atoms with Gasteiger partial charge in [-0.2, -0.15) is 0 Å². The van der Waals surface area contributed by atoms with Crippen LogP contribution in [0.25, 0.3) is 0 Å². The molecule has 0 spiro atoms. The van der Waals surface area contributed by atoms with Crippen LogP contribution in [0.2, 0.25) is 0 Å². The number of benzene rings is 2. The molecule has 3 rings (SSSR count). The van der Waals surface area contributed by atoms with Gasteiger partial charge in [0.15, 0.2) is 0 Å². The molecule has 1 amide bonds. The van der Waals surface area contributed by atoms with Crippen LogP contribution in [-0.2, 0) is 21.2 Å². The van der Waals surface area contributed by atoms with E-state index in [0.29, 0.717) is 23.4 Å². The third kappa shape index (κ3) is 5.64. The Morgan fingerprint density at radius 2 is 1.79 bits per heavy atom. The van der Waals surface area contributed by atoms with Gasteiger partial charge >= 0.3 is 0 Å². The number of nitro benzene ring substituents is 1. The summed E-state index contributed by atoms with van der Waals surface area (Å²) in [4.78, 5) is 40.6.